The van der Waals surface area contributed by atoms with Gasteiger partial charge in [0.15, 0.2) is 10.6 Å². The van der Waals surface area contributed by atoms with Crippen molar-refractivity contribution in [1.82, 2.24) is 0 Å². The molecule has 0 unspecified atom stereocenters. The Hall–Kier alpha value is -1.03. The maximum absolute atomic E-state index is 10.7. The molecule has 1 aromatic rings. The average molecular weight is 155 g/mol. The second-order valence-electron chi connectivity index (χ2n) is 1.90. The molecule has 51 valence electrons. The topological polar surface area (TPSA) is 43.4 Å². The molecular formula is C6H3O3S. The molecule has 0 bridgehead atoms. The Balaban J connectivity index is 2.75. The number of hydrogen-bond acceptors (Lipinski definition) is 3. The van der Waals surface area contributed by atoms with Crippen LogP contribution in [0.2, 0.25) is 0 Å². The van der Waals surface area contributed by atoms with Gasteiger partial charge in [-0.25, -0.2) is 0 Å². The lowest BCUT2D eigenvalue weighted by Crippen LogP contribution is -2.20. The predicted octanol–water partition coefficient (Wildman–Crippen LogP) is 0.568. The fraction of sp³-hybridized carbons (Fsp3) is 0. The van der Waals surface area contributed by atoms with Gasteiger partial charge in [0.25, 0.3) is 0 Å². The van der Waals surface area contributed by atoms with E-state index in [1.54, 1.807) is 18.2 Å². The van der Waals surface area contributed by atoms with Gasteiger partial charge in [0.05, 0.1) is 0 Å². The summed E-state index contributed by atoms with van der Waals surface area (Å²) in [4.78, 5) is 0.162. The molecule has 0 N–H and O–H groups in total. The predicted molar refractivity (Wildman–Crippen MR) is 33.1 cm³/mol. The summed E-state index contributed by atoms with van der Waals surface area (Å²) in [6, 6.07) is 7.37. The molecule has 0 aromatic heterocycles. The lowest BCUT2D eigenvalue weighted by molar-refractivity contribution is 0.441. The third-order valence-electron chi connectivity index (χ3n) is 1.23. The minimum Gasteiger partial charge on any atom is -0.377 e. The van der Waals surface area contributed by atoms with Crippen molar-refractivity contribution in [3.63, 3.8) is 0 Å². The zero-order chi connectivity index (χ0) is 7.19. The molecule has 1 radical (unpaired) electrons. The molecule has 1 aromatic carbocycles. The zero-order valence-electron chi connectivity index (χ0n) is 4.87. The second-order valence-corrected chi connectivity index (χ2v) is 3.38. The quantitative estimate of drug-likeness (QED) is 0.514. The van der Waals surface area contributed by atoms with E-state index in [9.17, 15) is 8.42 Å². The molecule has 1 aliphatic rings. The number of hydrogen-bond donors (Lipinski definition) is 0. The van der Waals surface area contributed by atoms with Gasteiger partial charge in [-0.2, -0.15) is 8.42 Å². The van der Waals surface area contributed by atoms with E-state index < -0.39 is 10.1 Å². The van der Waals surface area contributed by atoms with Crippen LogP contribution in [0.4, 0.5) is 0 Å². The van der Waals surface area contributed by atoms with E-state index in [1.807, 2.05) is 0 Å². The van der Waals surface area contributed by atoms with Crippen LogP contribution in [-0.4, -0.2) is 8.42 Å². The molecule has 0 amide bonds. The summed E-state index contributed by atoms with van der Waals surface area (Å²) in [6.45, 7) is 0. The second kappa shape index (κ2) is 1.52. The molecular weight excluding hydrogens is 152 g/mol. The summed E-state index contributed by atoms with van der Waals surface area (Å²) in [5.74, 6) is 0.391. The largest absolute Gasteiger partial charge is 0.377 e. The summed E-state index contributed by atoms with van der Waals surface area (Å²) in [5, 5.41) is 0. The highest BCUT2D eigenvalue weighted by Crippen LogP contribution is 2.34. The molecule has 0 atom stereocenters. The van der Waals surface area contributed by atoms with Gasteiger partial charge in [0.2, 0.25) is 0 Å². The zero-order valence-corrected chi connectivity index (χ0v) is 5.68. The van der Waals surface area contributed by atoms with Crippen molar-refractivity contribution < 1.29 is 12.6 Å². The average Bonchev–Trinajstić information content (AvgIpc) is 1.86. The van der Waals surface area contributed by atoms with Crippen molar-refractivity contribution in [2.24, 2.45) is 0 Å². The first-order valence-corrected chi connectivity index (χ1v) is 4.06. The van der Waals surface area contributed by atoms with Crippen molar-refractivity contribution in [2.75, 3.05) is 0 Å². The first kappa shape index (κ1) is 5.73. The van der Waals surface area contributed by atoms with Crippen LogP contribution in [0.1, 0.15) is 0 Å². The molecule has 0 saturated heterocycles. The smallest absolute Gasteiger partial charge is 0.343 e. The van der Waals surface area contributed by atoms with Gasteiger partial charge in [0.1, 0.15) is 0 Å². The SMILES string of the molecule is O=S1(=O)Oc2ccc[c]c21. The first-order valence-electron chi connectivity index (χ1n) is 2.65. The van der Waals surface area contributed by atoms with Crippen molar-refractivity contribution in [2.45, 2.75) is 4.90 Å². The Kier molecular flexibility index (Phi) is 0.870. The van der Waals surface area contributed by atoms with Crippen LogP contribution < -0.4 is 4.18 Å². The van der Waals surface area contributed by atoms with Crippen LogP contribution in [0.15, 0.2) is 23.1 Å². The summed E-state index contributed by atoms with van der Waals surface area (Å²) >= 11 is 0. The summed E-state index contributed by atoms with van der Waals surface area (Å²) in [7, 11) is -3.40. The summed E-state index contributed by atoms with van der Waals surface area (Å²) < 4.78 is 25.7. The Morgan fingerprint density at radius 1 is 1.50 bits per heavy atom. The van der Waals surface area contributed by atoms with Crippen LogP contribution in [0.5, 0.6) is 5.75 Å². The molecule has 0 aliphatic carbocycles. The van der Waals surface area contributed by atoms with E-state index in [0.717, 1.165) is 0 Å². The van der Waals surface area contributed by atoms with E-state index >= 15 is 0 Å². The third-order valence-corrected chi connectivity index (χ3v) is 2.45. The van der Waals surface area contributed by atoms with Gasteiger partial charge in [-0.15, -0.1) is 0 Å². The van der Waals surface area contributed by atoms with Crippen molar-refractivity contribution >= 4 is 10.1 Å². The number of fused-ring (bicyclic) bond motifs is 1. The highest BCUT2D eigenvalue weighted by atomic mass is 32.2. The fourth-order valence-corrected chi connectivity index (χ4v) is 1.70. The van der Waals surface area contributed by atoms with E-state index in [4.69, 9.17) is 0 Å². The van der Waals surface area contributed by atoms with E-state index in [-0.39, 0.29) is 4.90 Å². The van der Waals surface area contributed by atoms with Crippen LogP contribution in [0.3, 0.4) is 0 Å². The lowest BCUT2D eigenvalue weighted by atomic mass is 10.3. The maximum Gasteiger partial charge on any atom is 0.343 e. The Bertz CT molecular complexity index is 366. The van der Waals surface area contributed by atoms with Crippen molar-refractivity contribution in [3.8, 4) is 5.75 Å². The molecule has 1 heterocycles. The van der Waals surface area contributed by atoms with Gasteiger partial charge in [-0.05, 0) is 6.07 Å². The molecule has 2 rings (SSSR count). The lowest BCUT2D eigenvalue weighted by Gasteiger charge is -2.17. The van der Waals surface area contributed by atoms with Crippen LogP contribution in [-0.2, 0) is 10.1 Å². The number of benzene rings is 1. The Morgan fingerprint density at radius 3 is 2.80 bits per heavy atom. The van der Waals surface area contributed by atoms with Crippen LogP contribution in [0, 0.1) is 6.07 Å². The van der Waals surface area contributed by atoms with Crippen molar-refractivity contribution in [1.29, 1.82) is 0 Å². The van der Waals surface area contributed by atoms with E-state index in [1.165, 1.54) is 0 Å². The van der Waals surface area contributed by atoms with Gasteiger partial charge >= 0.3 is 10.1 Å². The summed E-state index contributed by atoms with van der Waals surface area (Å²) in [6.07, 6.45) is 0. The number of rotatable bonds is 0. The fourth-order valence-electron chi connectivity index (χ4n) is 0.793. The molecule has 0 fully saturated rings. The van der Waals surface area contributed by atoms with Gasteiger partial charge in [0, 0.05) is 6.07 Å². The minimum atomic E-state index is -3.40. The van der Waals surface area contributed by atoms with E-state index in [0.29, 0.717) is 5.75 Å². The van der Waals surface area contributed by atoms with Crippen LogP contribution >= 0.6 is 0 Å². The molecule has 0 saturated carbocycles. The minimum absolute atomic E-state index is 0.162. The standard InChI is InChI=1S/C6H3O3S/c7-10(8)6-4-2-1-3-5(6)9-10/h1-3H. The van der Waals surface area contributed by atoms with Crippen LogP contribution in [0.25, 0.3) is 0 Å². The first-order chi connectivity index (χ1) is 4.70. The van der Waals surface area contributed by atoms with Gasteiger partial charge in [-0.1, -0.05) is 12.1 Å². The van der Waals surface area contributed by atoms with E-state index in [2.05, 4.69) is 10.2 Å². The highest BCUT2D eigenvalue weighted by molar-refractivity contribution is 7.88. The summed E-state index contributed by atoms with van der Waals surface area (Å²) in [5.41, 5.74) is 0. The third kappa shape index (κ3) is 0.565. The normalized spacial score (nSPS) is 18.4. The maximum atomic E-state index is 10.7. The molecule has 0 spiro atoms. The molecule has 3 nitrogen and oxygen atoms in total. The Labute approximate surface area is 58.4 Å². The highest BCUT2D eigenvalue weighted by Gasteiger charge is 2.32. The molecule has 1 aliphatic heterocycles. The molecule has 10 heavy (non-hydrogen) atoms. The van der Waals surface area contributed by atoms with Gasteiger partial charge < -0.3 is 4.18 Å². The van der Waals surface area contributed by atoms with Gasteiger partial charge in [-0.3, -0.25) is 0 Å². The molecule has 4 heteroatoms. The monoisotopic (exact) mass is 155 g/mol. The van der Waals surface area contributed by atoms with Crippen molar-refractivity contribution in [3.05, 3.63) is 24.3 Å². The Morgan fingerprint density at radius 2 is 2.30 bits per heavy atom.